The molecule has 0 spiro atoms. The Morgan fingerprint density at radius 3 is 2.80 bits per heavy atom. The molecular weight excluding hydrogens is 312 g/mol. The van der Waals surface area contributed by atoms with E-state index in [-0.39, 0.29) is 5.91 Å². The van der Waals surface area contributed by atoms with Crippen molar-refractivity contribution in [1.29, 1.82) is 0 Å². The van der Waals surface area contributed by atoms with Crippen molar-refractivity contribution in [3.8, 4) is 0 Å². The van der Waals surface area contributed by atoms with Gasteiger partial charge in [-0.05, 0) is 36.5 Å². The van der Waals surface area contributed by atoms with Crippen LogP contribution in [0.2, 0.25) is 0 Å². The minimum atomic E-state index is 0.113. The Morgan fingerprint density at radius 1 is 1.28 bits per heavy atom. The molecule has 2 bridgehead atoms. The first kappa shape index (κ1) is 16.8. The number of aromatic nitrogens is 2. The van der Waals surface area contributed by atoms with Gasteiger partial charge in [-0.1, -0.05) is 25.5 Å². The van der Waals surface area contributed by atoms with Gasteiger partial charge in [-0.2, -0.15) is 0 Å². The van der Waals surface area contributed by atoms with Crippen LogP contribution in [0.25, 0.3) is 0 Å². The van der Waals surface area contributed by atoms with Crippen molar-refractivity contribution < 1.29 is 4.79 Å². The highest BCUT2D eigenvalue weighted by Crippen LogP contribution is 2.59. The molecule has 0 radical (unpaired) electrons. The molecule has 1 saturated heterocycles. The van der Waals surface area contributed by atoms with Gasteiger partial charge in [0.25, 0.3) is 5.91 Å². The highest BCUT2D eigenvalue weighted by molar-refractivity contribution is 5.92. The highest BCUT2D eigenvalue weighted by atomic mass is 16.2. The number of imidazole rings is 1. The molecule has 0 unspecified atom stereocenters. The van der Waals surface area contributed by atoms with Gasteiger partial charge >= 0.3 is 0 Å². The fraction of sp³-hybridized carbons (Fsp3) is 0.700. The summed E-state index contributed by atoms with van der Waals surface area (Å²) < 4.78 is 1.81. The number of hydrogen-bond donors (Lipinski definition) is 0. The summed E-state index contributed by atoms with van der Waals surface area (Å²) in [5.74, 6) is 1.79. The second-order valence-electron chi connectivity index (χ2n) is 8.63. The lowest BCUT2D eigenvalue weighted by molar-refractivity contribution is -0.0105. The third-order valence-electron chi connectivity index (χ3n) is 6.90. The first-order valence-corrected chi connectivity index (χ1v) is 9.63. The second-order valence-corrected chi connectivity index (χ2v) is 8.63. The number of aryl methyl sites for hydroxylation is 1. The number of fused-ring (bicyclic) bond motifs is 1. The quantitative estimate of drug-likeness (QED) is 0.793. The topological polar surface area (TPSA) is 41.4 Å². The van der Waals surface area contributed by atoms with Crippen molar-refractivity contribution in [2.24, 2.45) is 24.3 Å². The number of carbonyl (C=O) groups excluding carboxylic acids is 1. The Bertz CT molecular complexity index is 690. The summed E-state index contributed by atoms with van der Waals surface area (Å²) in [7, 11) is 1.88. The van der Waals surface area contributed by atoms with Crippen LogP contribution in [0.1, 0.15) is 43.6 Å². The van der Waals surface area contributed by atoms with E-state index in [9.17, 15) is 4.79 Å². The molecule has 1 aliphatic heterocycles. The molecule has 25 heavy (non-hydrogen) atoms. The zero-order chi connectivity index (χ0) is 17.6. The molecule has 1 aromatic rings. The van der Waals surface area contributed by atoms with Crippen molar-refractivity contribution in [2.45, 2.75) is 33.1 Å². The summed E-state index contributed by atoms with van der Waals surface area (Å²) in [5.41, 5.74) is 2.84. The fourth-order valence-corrected chi connectivity index (χ4v) is 4.97. The molecule has 2 atom stereocenters. The van der Waals surface area contributed by atoms with Gasteiger partial charge in [-0.3, -0.25) is 9.69 Å². The Kier molecular flexibility index (Phi) is 4.22. The smallest absolute Gasteiger partial charge is 0.272 e. The van der Waals surface area contributed by atoms with Crippen LogP contribution in [-0.4, -0.2) is 58.0 Å². The fourth-order valence-electron chi connectivity index (χ4n) is 4.97. The number of hydrogen-bond acceptors (Lipinski definition) is 3. The van der Waals surface area contributed by atoms with Gasteiger partial charge in [-0.15, -0.1) is 0 Å². The van der Waals surface area contributed by atoms with Crippen molar-refractivity contribution >= 4 is 5.91 Å². The van der Waals surface area contributed by atoms with Crippen LogP contribution >= 0.6 is 0 Å². The van der Waals surface area contributed by atoms with E-state index < -0.39 is 0 Å². The van der Waals surface area contributed by atoms with Gasteiger partial charge in [0, 0.05) is 39.8 Å². The SMILES string of the molecule is Cn1cncc1C(=O)N1CCCN(CC2=CC[C@H]3C[C@@H]2C3(C)C)CC1. The first-order valence-electron chi connectivity index (χ1n) is 9.63. The lowest BCUT2D eigenvalue weighted by atomic mass is 9.49. The highest BCUT2D eigenvalue weighted by Gasteiger charge is 2.51. The molecule has 2 fully saturated rings. The molecule has 2 heterocycles. The maximum atomic E-state index is 12.7. The van der Waals surface area contributed by atoms with Gasteiger partial charge in [0.2, 0.25) is 0 Å². The maximum absolute atomic E-state index is 12.7. The van der Waals surface area contributed by atoms with Crippen molar-refractivity contribution in [2.75, 3.05) is 32.7 Å². The maximum Gasteiger partial charge on any atom is 0.272 e. The molecule has 1 saturated carbocycles. The summed E-state index contributed by atoms with van der Waals surface area (Å²) in [4.78, 5) is 21.3. The van der Waals surface area contributed by atoms with E-state index in [1.807, 2.05) is 16.5 Å². The second kappa shape index (κ2) is 6.27. The Labute approximate surface area is 150 Å². The molecular formula is C20H30N4O. The third kappa shape index (κ3) is 2.92. The molecule has 5 nitrogen and oxygen atoms in total. The van der Waals surface area contributed by atoms with Crippen LogP contribution < -0.4 is 0 Å². The standard InChI is InChI=1S/C20H30N4O/c1-20(2)16-6-5-15(17(20)11-16)13-23-7-4-8-24(10-9-23)19(25)18-12-21-14-22(18)3/h5,12,14,16-17H,4,6-11,13H2,1-3H3/t16-,17-/m0/s1. The van der Waals surface area contributed by atoms with Gasteiger partial charge in [0.1, 0.15) is 5.69 Å². The van der Waals surface area contributed by atoms with Crippen molar-refractivity contribution in [1.82, 2.24) is 19.4 Å². The van der Waals surface area contributed by atoms with Gasteiger partial charge in [0.05, 0.1) is 12.5 Å². The van der Waals surface area contributed by atoms with Crippen molar-refractivity contribution in [3.05, 3.63) is 29.9 Å². The molecule has 1 amide bonds. The van der Waals surface area contributed by atoms with E-state index in [1.165, 1.54) is 12.8 Å². The predicted octanol–water partition coefficient (Wildman–Crippen LogP) is 2.56. The Balaban J connectivity index is 1.37. The van der Waals surface area contributed by atoms with Crippen LogP contribution in [-0.2, 0) is 7.05 Å². The van der Waals surface area contributed by atoms with E-state index in [2.05, 4.69) is 29.8 Å². The molecule has 5 rings (SSSR count). The number of amides is 1. The number of carbonyl (C=O) groups is 1. The van der Waals surface area contributed by atoms with Crippen molar-refractivity contribution in [3.63, 3.8) is 0 Å². The van der Waals surface area contributed by atoms with Crippen LogP contribution in [0.4, 0.5) is 0 Å². The average Bonchev–Trinajstić information content (AvgIpc) is 2.88. The zero-order valence-electron chi connectivity index (χ0n) is 15.7. The van der Waals surface area contributed by atoms with E-state index in [0.29, 0.717) is 11.1 Å². The van der Waals surface area contributed by atoms with Crippen LogP contribution in [0.5, 0.6) is 0 Å². The molecule has 0 aromatic carbocycles. The number of nitrogens with zero attached hydrogens (tertiary/aromatic N) is 4. The van der Waals surface area contributed by atoms with Crippen LogP contribution in [0.15, 0.2) is 24.2 Å². The number of allylic oxidation sites excluding steroid dienone is 1. The van der Waals surface area contributed by atoms with E-state index in [1.54, 1.807) is 18.1 Å². The average molecular weight is 342 g/mol. The summed E-state index contributed by atoms with van der Waals surface area (Å²) in [6.45, 7) is 9.69. The summed E-state index contributed by atoms with van der Waals surface area (Å²) in [5, 5.41) is 0. The number of rotatable bonds is 3. The Hall–Kier alpha value is -1.62. The normalized spacial score (nSPS) is 28.9. The lowest BCUT2D eigenvalue weighted by Gasteiger charge is -2.57. The Morgan fingerprint density at radius 2 is 2.12 bits per heavy atom. The molecule has 5 heteroatoms. The van der Waals surface area contributed by atoms with E-state index >= 15 is 0 Å². The molecule has 4 aliphatic rings. The van der Waals surface area contributed by atoms with Crippen LogP contribution in [0.3, 0.4) is 0 Å². The first-order chi connectivity index (χ1) is 12.0. The predicted molar refractivity (Wildman–Crippen MR) is 98.2 cm³/mol. The van der Waals surface area contributed by atoms with Gasteiger partial charge in [0.15, 0.2) is 0 Å². The molecule has 136 valence electrons. The summed E-state index contributed by atoms with van der Waals surface area (Å²) in [6.07, 6.45) is 9.57. The molecule has 0 N–H and O–H groups in total. The van der Waals surface area contributed by atoms with E-state index in [4.69, 9.17) is 0 Å². The van der Waals surface area contributed by atoms with Gasteiger partial charge in [-0.25, -0.2) is 4.98 Å². The minimum Gasteiger partial charge on any atom is -0.336 e. The van der Waals surface area contributed by atoms with Gasteiger partial charge < -0.3 is 9.47 Å². The summed E-state index contributed by atoms with van der Waals surface area (Å²) >= 11 is 0. The van der Waals surface area contributed by atoms with Crippen LogP contribution in [0, 0.1) is 17.3 Å². The minimum absolute atomic E-state index is 0.113. The molecule has 3 aliphatic carbocycles. The zero-order valence-corrected chi connectivity index (χ0v) is 15.7. The third-order valence-corrected chi connectivity index (χ3v) is 6.90. The van der Waals surface area contributed by atoms with E-state index in [0.717, 1.165) is 51.0 Å². The lowest BCUT2D eigenvalue weighted by Crippen LogP contribution is -2.50. The summed E-state index contributed by atoms with van der Waals surface area (Å²) in [6, 6.07) is 0. The largest absolute Gasteiger partial charge is 0.336 e. The molecule has 1 aromatic heterocycles. The monoisotopic (exact) mass is 342 g/mol.